The van der Waals surface area contributed by atoms with Crippen molar-refractivity contribution in [3.8, 4) is 0 Å². The molecule has 8 heteroatoms. The third-order valence-electron chi connectivity index (χ3n) is 4.42. The maximum Gasteiger partial charge on any atom is 0.392 e. The lowest BCUT2D eigenvalue weighted by atomic mass is 9.53. The van der Waals surface area contributed by atoms with E-state index >= 15 is 0 Å². The third kappa shape index (κ3) is 3.36. The molecule has 0 bridgehead atoms. The second-order valence-corrected chi connectivity index (χ2v) is 5.92. The molecule has 2 aliphatic carbocycles. The van der Waals surface area contributed by atoms with Crippen LogP contribution in [0.25, 0.3) is 0 Å². The van der Waals surface area contributed by atoms with Gasteiger partial charge in [0.25, 0.3) is 0 Å². The highest BCUT2D eigenvalue weighted by Gasteiger charge is 2.59. The van der Waals surface area contributed by atoms with Crippen molar-refractivity contribution in [2.24, 2.45) is 17.3 Å². The Morgan fingerprint density at radius 1 is 1.57 bits per heavy atom. The highest BCUT2D eigenvalue weighted by Crippen LogP contribution is 2.60. The summed E-state index contributed by atoms with van der Waals surface area (Å²) in [5, 5.41) is 10.8. The molecule has 3 atom stereocenters. The smallest absolute Gasteiger partial charge is 0.392 e. The minimum Gasteiger partial charge on any atom is -0.469 e. The van der Waals surface area contributed by atoms with E-state index in [1.165, 1.54) is 13.2 Å². The quantitative estimate of drug-likeness (QED) is 0.339. The summed E-state index contributed by atoms with van der Waals surface area (Å²) in [6, 6.07) is 0. The maximum absolute atomic E-state index is 12.4. The zero-order valence-electron chi connectivity index (χ0n) is 11.5. The number of alkyl halides is 3. The van der Waals surface area contributed by atoms with Gasteiger partial charge in [-0.25, -0.2) is 0 Å². The van der Waals surface area contributed by atoms with Crippen molar-refractivity contribution in [3.63, 3.8) is 0 Å². The minimum absolute atomic E-state index is 0.0213. The Labute approximate surface area is 119 Å². The Morgan fingerprint density at radius 2 is 2.24 bits per heavy atom. The van der Waals surface area contributed by atoms with Crippen molar-refractivity contribution < 1.29 is 27.6 Å². The molecule has 1 fully saturated rings. The maximum atomic E-state index is 12.4. The summed E-state index contributed by atoms with van der Waals surface area (Å²) in [6.07, 6.45) is -3.18. The molecule has 0 aromatic heterocycles. The van der Waals surface area contributed by atoms with Crippen molar-refractivity contribution in [2.75, 3.05) is 13.7 Å². The van der Waals surface area contributed by atoms with Crippen LogP contribution in [0.3, 0.4) is 0 Å². The van der Waals surface area contributed by atoms with E-state index in [2.05, 4.69) is 4.74 Å². The van der Waals surface area contributed by atoms with E-state index in [0.717, 1.165) is 0 Å². The van der Waals surface area contributed by atoms with E-state index in [1.807, 2.05) is 0 Å². The minimum atomic E-state index is -4.27. The van der Waals surface area contributed by atoms with Crippen LogP contribution < -0.4 is 0 Å². The van der Waals surface area contributed by atoms with Gasteiger partial charge >= 0.3 is 12.1 Å². The van der Waals surface area contributed by atoms with Gasteiger partial charge in [0.15, 0.2) is 0 Å². The van der Waals surface area contributed by atoms with Gasteiger partial charge < -0.3 is 4.74 Å². The van der Waals surface area contributed by atoms with Gasteiger partial charge in [0, 0.05) is 4.92 Å². The molecule has 0 heterocycles. The zero-order chi connectivity index (χ0) is 15.8. The number of hydrogen-bond acceptors (Lipinski definition) is 4. The molecule has 0 aliphatic heterocycles. The van der Waals surface area contributed by atoms with Crippen molar-refractivity contribution in [3.05, 3.63) is 21.8 Å². The number of carbonyl (C=O) groups is 1. The first-order chi connectivity index (χ1) is 9.65. The highest BCUT2D eigenvalue weighted by atomic mass is 19.4. The van der Waals surface area contributed by atoms with Crippen LogP contribution in [0.15, 0.2) is 11.6 Å². The van der Waals surface area contributed by atoms with E-state index in [4.69, 9.17) is 0 Å². The molecule has 5 nitrogen and oxygen atoms in total. The fourth-order valence-corrected chi connectivity index (χ4v) is 3.72. The van der Waals surface area contributed by atoms with Gasteiger partial charge in [-0.15, -0.1) is 0 Å². The largest absolute Gasteiger partial charge is 0.469 e. The van der Waals surface area contributed by atoms with Gasteiger partial charge in [-0.05, 0) is 24.7 Å². The lowest BCUT2D eigenvalue weighted by molar-refractivity contribution is -0.505. The number of fused-ring (bicyclic) bond motifs is 1. The summed E-state index contributed by atoms with van der Waals surface area (Å²) in [6.45, 7) is -0.418. The second-order valence-electron chi connectivity index (χ2n) is 5.92. The molecule has 1 unspecified atom stereocenters. The fraction of sp³-hybridized carbons (Fsp3) is 0.769. The van der Waals surface area contributed by atoms with Crippen LogP contribution in [0.5, 0.6) is 0 Å². The van der Waals surface area contributed by atoms with E-state index < -0.39 is 35.4 Å². The lowest BCUT2D eigenvalue weighted by Crippen LogP contribution is -2.51. The first kappa shape index (κ1) is 15.8. The topological polar surface area (TPSA) is 69.4 Å². The van der Waals surface area contributed by atoms with Gasteiger partial charge in [-0.2, -0.15) is 13.2 Å². The number of halogens is 3. The van der Waals surface area contributed by atoms with E-state index in [9.17, 15) is 28.1 Å². The molecule has 0 aromatic carbocycles. The van der Waals surface area contributed by atoms with Crippen LogP contribution in [0.1, 0.15) is 25.7 Å². The molecule has 0 amide bonds. The number of rotatable bonds is 5. The van der Waals surface area contributed by atoms with Gasteiger partial charge in [0.1, 0.15) is 0 Å². The van der Waals surface area contributed by atoms with Crippen molar-refractivity contribution in [2.45, 2.75) is 31.9 Å². The predicted molar refractivity (Wildman–Crippen MR) is 65.9 cm³/mol. The molecule has 0 spiro atoms. The second kappa shape index (κ2) is 5.31. The Hall–Kier alpha value is -1.60. The van der Waals surface area contributed by atoms with Gasteiger partial charge in [0.05, 0.1) is 25.4 Å². The summed E-state index contributed by atoms with van der Waals surface area (Å²) < 4.78 is 41.8. The molecule has 2 aliphatic rings. The van der Waals surface area contributed by atoms with Crippen molar-refractivity contribution >= 4 is 5.97 Å². The first-order valence-corrected chi connectivity index (χ1v) is 6.60. The third-order valence-corrected chi connectivity index (χ3v) is 4.42. The average Bonchev–Trinajstić information content (AvgIpc) is 2.63. The highest BCUT2D eigenvalue weighted by molar-refractivity contribution is 5.70. The first-order valence-electron chi connectivity index (χ1n) is 6.60. The number of allylic oxidation sites excluding steroid dienone is 2. The lowest BCUT2D eigenvalue weighted by Gasteiger charge is -2.49. The monoisotopic (exact) mass is 307 g/mol. The molecule has 0 saturated heterocycles. The number of methoxy groups -OCH3 is 1. The number of esters is 1. The molecule has 118 valence electrons. The fourth-order valence-electron chi connectivity index (χ4n) is 3.72. The Morgan fingerprint density at radius 3 is 2.76 bits per heavy atom. The van der Waals surface area contributed by atoms with E-state index in [1.54, 1.807) is 0 Å². The van der Waals surface area contributed by atoms with Crippen molar-refractivity contribution in [1.82, 2.24) is 0 Å². The zero-order valence-corrected chi connectivity index (χ0v) is 11.5. The van der Waals surface area contributed by atoms with E-state index in [-0.39, 0.29) is 23.8 Å². The Bertz CT molecular complexity index is 488. The number of nitrogens with zero attached hydrogens (tertiary/aromatic N) is 1. The summed E-state index contributed by atoms with van der Waals surface area (Å²) >= 11 is 0. The van der Waals surface area contributed by atoms with Crippen LogP contribution in [0.4, 0.5) is 13.2 Å². The Balaban J connectivity index is 2.14. The van der Waals surface area contributed by atoms with E-state index in [0.29, 0.717) is 12.8 Å². The van der Waals surface area contributed by atoms with Crippen LogP contribution in [-0.2, 0) is 9.53 Å². The summed E-state index contributed by atoms with van der Waals surface area (Å²) in [5.41, 5.74) is -0.623. The number of ether oxygens (including phenoxy) is 1. The molecule has 0 aromatic rings. The van der Waals surface area contributed by atoms with Crippen LogP contribution in [-0.4, -0.2) is 30.7 Å². The van der Waals surface area contributed by atoms with Crippen LogP contribution in [0, 0.1) is 27.4 Å². The molecular weight excluding hydrogens is 291 g/mol. The van der Waals surface area contributed by atoms with Crippen LogP contribution in [0.2, 0.25) is 0 Å². The molecular formula is C13H16F3NO4. The summed E-state index contributed by atoms with van der Waals surface area (Å²) in [7, 11) is 1.19. The van der Waals surface area contributed by atoms with Gasteiger partial charge in [0.2, 0.25) is 6.54 Å². The van der Waals surface area contributed by atoms with Gasteiger partial charge in [-0.3, -0.25) is 14.9 Å². The summed E-state index contributed by atoms with van der Waals surface area (Å²) in [5.74, 6) is -0.917. The number of nitro groups is 1. The predicted octanol–water partition coefficient (Wildman–Crippen LogP) is 2.73. The number of hydrogen-bond donors (Lipinski definition) is 0. The molecule has 0 N–H and O–H groups in total. The standard InChI is InChI=1S/C13H16F3NO4/c1-21-11(18)6-12(7-17(19)20)5-9-2-8(3-10(9)12)4-13(14,15)16/h3,9-10H,2,4-7H2,1H3/t9-,10-,12?/m1/s1. The Kier molecular flexibility index (Phi) is 3.99. The van der Waals surface area contributed by atoms with Crippen molar-refractivity contribution in [1.29, 1.82) is 0 Å². The van der Waals surface area contributed by atoms with Gasteiger partial charge in [-0.1, -0.05) is 11.6 Å². The summed E-state index contributed by atoms with van der Waals surface area (Å²) in [4.78, 5) is 21.8. The molecule has 2 rings (SSSR count). The SMILES string of the molecule is COC(=O)CC1(C[N+](=O)[O-])C[C@H]2CC(CC(F)(F)F)=C[C@H]21. The number of carbonyl (C=O) groups excluding carboxylic acids is 1. The van der Waals surface area contributed by atoms with Crippen LogP contribution >= 0.6 is 0 Å². The molecule has 21 heavy (non-hydrogen) atoms. The normalized spacial score (nSPS) is 31.1. The molecule has 1 saturated carbocycles. The molecule has 0 radical (unpaired) electrons. The average molecular weight is 307 g/mol.